The Hall–Kier alpha value is -0.870. The number of carbonyl (C=O) groups excluding carboxylic acids is 1. The van der Waals surface area contributed by atoms with Crippen LogP contribution in [0.3, 0.4) is 0 Å². The first kappa shape index (κ1) is 9.68. The summed E-state index contributed by atoms with van der Waals surface area (Å²) in [6.07, 6.45) is 2.47. The molecular formula is C9H6BrClN2O. The van der Waals surface area contributed by atoms with Crippen molar-refractivity contribution in [3.05, 3.63) is 33.1 Å². The smallest absolute Gasteiger partial charge is 0.170 e. The maximum absolute atomic E-state index is 10.8. The van der Waals surface area contributed by atoms with Gasteiger partial charge in [0.15, 0.2) is 11.4 Å². The third-order valence-electron chi connectivity index (χ3n) is 1.97. The van der Waals surface area contributed by atoms with E-state index in [1.165, 1.54) is 0 Å². The van der Waals surface area contributed by atoms with E-state index in [1.807, 2.05) is 13.0 Å². The number of aromatic nitrogens is 2. The molecule has 0 radical (unpaired) electrons. The van der Waals surface area contributed by atoms with E-state index in [0.717, 1.165) is 10.0 Å². The molecule has 2 aromatic rings. The number of nitrogens with zero attached hydrogens (tertiary/aromatic N) is 2. The molecule has 0 atom stereocenters. The van der Waals surface area contributed by atoms with Gasteiger partial charge in [-0.1, -0.05) is 11.6 Å². The van der Waals surface area contributed by atoms with Gasteiger partial charge in [-0.05, 0) is 34.5 Å². The summed E-state index contributed by atoms with van der Waals surface area (Å²) in [5, 5.41) is 0.237. The molecule has 0 fully saturated rings. The maximum atomic E-state index is 10.8. The molecule has 3 nitrogen and oxygen atoms in total. The minimum absolute atomic E-state index is 0.237. The van der Waals surface area contributed by atoms with Gasteiger partial charge in [0.1, 0.15) is 11.3 Å². The van der Waals surface area contributed by atoms with Gasteiger partial charge >= 0.3 is 0 Å². The van der Waals surface area contributed by atoms with Crippen LogP contribution in [0.25, 0.3) is 5.65 Å². The third kappa shape index (κ3) is 1.35. The van der Waals surface area contributed by atoms with Crippen LogP contribution in [0.2, 0.25) is 5.15 Å². The number of hydrogen-bond acceptors (Lipinski definition) is 2. The minimum atomic E-state index is 0.237. The Balaban J connectivity index is 2.94. The van der Waals surface area contributed by atoms with Crippen LogP contribution in [0, 0.1) is 6.92 Å². The monoisotopic (exact) mass is 272 g/mol. The van der Waals surface area contributed by atoms with E-state index in [4.69, 9.17) is 11.6 Å². The molecule has 0 spiro atoms. The zero-order chi connectivity index (χ0) is 10.3. The largest absolute Gasteiger partial charge is 0.296 e. The lowest BCUT2D eigenvalue weighted by Gasteiger charge is -1.99. The minimum Gasteiger partial charge on any atom is -0.296 e. The van der Waals surface area contributed by atoms with Crippen LogP contribution in [0.4, 0.5) is 0 Å². The van der Waals surface area contributed by atoms with Crippen LogP contribution in [-0.2, 0) is 0 Å². The van der Waals surface area contributed by atoms with Crippen molar-refractivity contribution in [3.8, 4) is 0 Å². The second-order valence-electron chi connectivity index (χ2n) is 2.94. The van der Waals surface area contributed by atoms with Gasteiger partial charge in [0.05, 0.1) is 0 Å². The summed E-state index contributed by atoms with van der Waals surface area (Å²) in [7, 11) is 0. The Morgan fingerprint density at radius 1 is 1.64 bits per heavy atom. The van der Waals surface area contributed by atoms with Crippen LogP contribution in [-0.4, -0.2) is 15.7 Å². The normalized spacial score (nSPS) is 10.8. The van der Waals surface area contributed by atoms with Crippen molar-refractivity contribution in [2.75, 3.05) is 0 Å². The molecule has 2 rings (SSSR count). The second kappa shape index (κ2) is 3.37. The van der Waals surface area contributed by atoms with E-state index in [2.05, 4.69) is 20.9 Å². The summed E-state index contributed by atoms with van der Waals surface area (Å²) >= 11 is 9.16. The first-order valence-corrected chi connectivity index (χ1v) is 5.09. The Bertz CT molecular complexity index is 521. The number of pyridine rings is 1. The van der Waals surface area contributed by atoms with Gasteiger partial charge in [-0.25, -0.2) is 4.98 Å². The highest BCUT2D eigenvalue weighted by Crippen LogP contribution is 2.22. The molecule has 2 aromatic heterocycles. The van der Waals surface area contributed by atoms with Gasteiger partial charge < -0.3 is 0 Å². The fraction of sp³-hybridized carbons (Fsp3) is 0.111. The summed E-state index contributed by atoms with van der Waals surface area (Å²) in [6, 6.07) is 1.92. The van der Waals surface area contributed by atoms with Crippen molar-refractivity contribution in [3.63, 3.8) is 0 Å². The lowest BCUT2D eigenvalue weighted by Crippen LogP contribution is -1.92. The van der Waals surface area contributed by atoms with E-state index in [9.17, 15) is 4.79 Å². The fourth-order valence-corrected chi connectivity index (χ4v) is 2.13. The molecule has 0 aromatic carbocycles. The number of rotatable bonds is 1. The molecule has 0 aliphatic heterocycles. The lowest BCUT2D eigenvalue weighted by molar-refractivity contribution is 0.111. The Morgan fingerprint density at radius 3 is 3.00 bits per heavy atom. The molecule has 0 amide bonds. The molecule has 0 aliphatic carbocycles. The number of imidazole rings is 1. The maximum Gasteiger partial charge on any atom is 0.170 e. The number of fused-ring (bicyclic) bond motifs is 1. The van der Waals surface area contributed by atoms with Crippen molar-refractivity contribution in [2.45, 2.75) is 6.92 Å². The number of halogens is 2. The predicted molar refractivity (Wildman–Crippen MR) is 58.0 cm³/mol. The molecule has 0 saturated heterocycles. The Labute approximate surface area is 93.8 Å². The van der Waals surface area contributed by atoms with Crippen molar-refractivity contribution in [1.82, 2.24) is 9.38 Å². The van der Waals surface area contributed by atoms with Crippen LogP contribution in [0.15, 0.2) is 16.7 Å². The van der Waals surface area contributed by atoms with Crippen LogP contribution in [0.1, 0.15) is 16.1 Å². The van der Waals surface area contributed by atoms with Crippen LogP contribution < -0.4 is 0 Å². The van der Waals surface area contributed by atoms with E-state index in [0.29, 0.717) is 17.6 Å². The van der Waals surface area contributed by atoms with E-state index >= 15 is 0 Å². The van der Waals surface area contributed by atoms with E-state index in [1.54, 1.807) is 10.6 Å². The first-order chi connectivity index (χ1) is 6.63. The standard InChI is InChI=1S/C9H6BrClN2O/c1-5-2-6(10)3-13-7(4-14)8(11)12-9(5)13/h2-4H,1H3. The first-order valence-electron chi connectivity index (χ1n) is 3.92. The summed E-state index contributed by atoms with van der Waals surface area (Å²) in [4.78, 5) is 14.9. The zero-order valence-electron chi connectivity index (χ0n) is 7.29. The molecule has 5 heteroatoms. The van der Waals surface area contributed by atoms with E-state index in [-0.39, 0.29) is 5.15 Å². The summed E-state index contributed by atoms with van der Waals surface area (Å²) in [6.45, 7) is 1.91. The highest BCUT2D eigenvalue weighted by Gasteiger charge is 2.11. The van der Waals surface area contributed by atoms with Crippen molar-refractivity contribution in [1.29, 1.82) is 0 Å². The number of carbonyl (C=O) groups is 1. The lowest BCUT2D eigenvalue weighted by atomic mass is 10.3. The van der Waals surface area contributed by atoms with Gasteiger partial charge in [-0.3, -0.25) is 9.20 Å². The fourth-order valence-electron chi connectivity index (χ4n) is 1.36. The highest BCUT2D eigenvalue weighted by atomic mass is 79.9. The van der Waals surface area contributed by atoms with Gasteiger partial charge in [0.25, 0.3) is 0 Å². The topological polar surface area (TPSA) is 34.4 Å². The molecule has 0 N–H and O–H groups in total. The highest BCUT2D eigenvalue weighted by molar-refractivity contribution is 9.10. The molecule has 0 saturated carbocycles. The average molecular weight is 274 g/mol. The summed E-state index contributed by atoms with van der Waals surface area (Å²) < 4.78 is 2.56. The molecule has 72 valence electrons. The van der Waals surface area contributed by atoms with Gasteiger partial charge in [-0.2, -0.15) is 0 Å². The van der Waals surface area contributed by atoms with Gasteiger partial charge in [0, 0.05) is 10.7 Å². The number of aryl methyl sites for hydroxylation is 1. The van der Waals surface area contributed by atoms with Crippen molar-refractivity contribution in [2.24, 2.45) is 0 Å². The summed E-state index contributed by atoms with van der Waals surface area (Å²) in [5.74, 6) is 0. The van der Waals surface area contributed by atoms with Crippen molar-refractivity contribution < 1.29 is 4.79 Å². The third-order valence-corrected chi connectivity index (χ3v) is 2.69. The van der Waals surface area contributed by atoms with Crippen molar-refractivity contribution >= 4 is 39.5 Å². The van der Waals surface area contributed by atoms with Crippen LogP contribution in [0.5, 0.6) is 0 Å². The number of hydrogen-bond donors (Lipinski definition) is 0. The van der Waals surface area contributed by atoms with Gasteiger partial charge in [-0.15, -0.1) is 0 Å². The molecule has 0 unspecified atom stereocenters. The SMILES string of the molecule is Cc1cc(Br)cn2c(C=O)c(Cl)nc12. The Kier molecular flexibility index (Phi) is 2.33. The number of aldehydes is 1. The summed E-state index contributed by atoms with van der Waals surface area (Å²) in [5.41, 5.74) is 2.06. The van der Waals surface area contributed by atoms with E-state index < -0.39 is 0 Å². The molecule has 2 heterocycles. The Morgan fingerprint density at radius 2 is 2.36 bits per heavy atom. The van der Waals surface area contributed by atoms with Gasteiger partial charge in [0.2, 0.25) is 0 Å². The average Bonchev–Trinajstić information content (AvgIpc) is 2.41. The molecule has 0 bridgehead atoms. The molecular weight excluding hydrogens is 267 g/mol. The quantitative estimate of drug-likeness (QED) is 0.749. The molecule has 14 heavy (non-hydrogen) atoms. The predicted octanol–water partition coefficient (Wildman–Crippen LogP) is 2.87. The molecule has 0 aliphatic rings. The zero-order valence-corrected chi connectivity index (χ0v) is 9.63. The van der Waals surface area contributed by atoms with Crippen LogP contribution >= 0.6 is 27.5 Å². The second-order valence-corrected chi connectivity index (χ2v) is 4.21.